The van der Waals surface area contributed by atoms with Crippen molar-refractivity contribution < 1.29 is 71.4 Å². The molecule has 1 saturated heterocycles. The smallest absolute Gasteiger partial charge is 0.413 e. The van der Waals surface area contributed by atoms with Gasteiger partial charge >= 0.3 is 35.9 Å². The maximum absolute atomic E-state index is 15.1. The van der Waals surface area contributed by atoms with Crippen molar-refractivity contribution in [1.82, 2.24) is 4.90 Å². The van der Waals surface area contributed by atoms with Gasteiger partial charge in [0.15, 0.2) is 24.5 Å². The van der Waals surface area contributed by atoms with E-state index >= 15 is 4.79 Å². The molecular formula is C55H71NO15. The topological polar surface area (TPSA) is 189 Å². The summed E-state index contributed by atoms with van der Waals surface area (Å²) in [5.41, 5.74) is 0.680. The van der Waals surface area contributed by atoms with E-state index in [-0.39, 0.29) is 30.6 Å². The first-order valence-corrected chi connectivity index (χ1v) is 24.3. The predicted octanol–water partition coefficient (Wildman–Crippen LogP) is 9.04. The van der Waals surface area contributed by atoms with Gasteiger partial charge in [-0.3, -0.25) is 19.3 Å². The lowest BCUT2D eigenvalue weighted by Gasteiger charge is -2.57. The normalized spacial score (nSPS) is 29.6. The second-order valence-corrected chi connectivity index (χ2v) is 20.7. The molecule has 16 heteroatoms. The highest BCUT2D eigenvalue weighted by Gasteiger charge is 2.63. The summed E-state index contributed by atoms with van der Waals surface area (Å²) < 4.78 is 55.2. The summed E-state index contributed by atoms with van der Waals surface area (Å²) in [5.74, 6) is -3.89. The Hall–Kier alpha value is -6.16. The van der Waals surface area contributed by atoms with E-state index in [1.54, 1.807) is 52.0 Å². The molecule has 2 aromatic rings. The van der Waals surface area contributed by atoms with Crippen LogP contribution < -0.4 is 9.47 Å². The Morgan fingerprint density at radius 3 is 2.11 bits per heavy atom. The molecule has 71 heavy (non-hydrogen) atoms. The van der Waals surface area contributed by atoms with Gasteiger partial charge in [0.2, 0.25) is 0 Å². The highest BCUT2D eigenvalue weighted by molar-refractivity contribution is 5.87. The third kappa shape index (κ3) is 12.0. The van der Waals surface area contributed by atoms with Gasteiger partial charge in [0.1, 0.15) is 35.4 Å². The number of methoxy groups -OCH3 is 2. The fraction of sp³-hybridized carbons (Fsp3) is 0.564. The van der Waals surface area contributed by atoms with Crippen molar-refractivity contribution in [2.45, 2.75) is 156 Å². The molecule has 2 bridgehead atoms. The van der Waals surface area contributed by atoms with Crippen LogP contribution in [0.2, 0.25) is 0 Å². The molecule has 3 aliphatic carbocycles. The van der Waals surface area contributed by atoms with Crippen molar-refractivity contribution in [3.8, 4) is 11.5 Å². The molecule has 1 unspecified atom stereocenters. The van der Waals surface area contributed by atoms with Crippen LogP contribution in [-0.2, 0) is 57.1 Å². The lowest BCUT2D eigenvalue weighted by Crippen LogP contribution is -2.63. The van der Waals surface area contributed by atoms with E-state index in [1.807, 2.05) is 58.0 Å². The number of fused-ring (bicyclic) bond motifs is 3. The molecule has 2 aromatic carbocycles. The summed E-state index contributed by atoms with van der Waals surface area (Å²) in [7, 11) is 3.01. The molecule has 16 nitrogen and oxygen atoms in total. The van der Waals surface area contributed by atoms with Crippen LogP contribution in [0.5, 0.6) is 11.5 Å². The van der Waals surface area contributed by atoms with Gasteiger partial charge < -0.3 is 42.6 Å². The molecule has 1 amide bonds. The molecule has 386 valence electrons. The monoisotopic (exact) mass is 985 g/mol. The third-order valence-corrected chi connectivity index (χ3v) is 14.2. The molecule has 1 aliphatic heterocycles. The Bertz CT molecular complexity index is 2400. The maximum Gasteiger partial charge on any atom is 0.413 e. The van der Waals surface area contributed by atoms with Crippen LogP contribution in [0, 0.1) is 29.1 Å². The van der Waals surface area contributed by atoms with E-state index in [0.717, 1.165) is 5.56 Å². The summed E-state index contributed by atoms with van der Waals surface area (Å²) in [5, 5.41) is 0. The minimum atomic E-state index is -1.31. The Morgan fingerprint density at radius 2 is 1.52 bits per heavy atom. The molecule has 0 spiro atoms. The molecule has 1 heterocycles. The van der Waals surface area contributed by atoms with E-state index in [2.05, 4.69) is 6.58 Å². The first-order chi connectivity index (χ1) is 33.4. The second-order valence-electron chi connectivity index (χ2n) is 20.7. The highest BCUT2D eigenvalue weighted by atomic mass is 16.6. The first-order valence-electron chi connectivity index (χ1n) is 24.3. The number of carbonyl (C=O) groups excluding carboxylic acids is 6. The van der Waals surface area contributed by atoms with Crippen molar-refractivity contribution >= 4 is 42.0 Å². The lowest BCUT2D eigenvalue weighted by atomic mass is 9.52. The highest BCUT2D eigenvalue weighted by Crippen LogP contribution is 2.58. The second kappa shape index (κ2) is 22.1. The van der Waals surface area contributed by atoms with Crippen LogP contribution >= 0.6 is 0 Å². The fourth-order valence-corrected chi connectivity index (χ4v) is 11.0. The Balaban J connectivity index is 1.44. The summed E-state index contributed by atoms with van der Waals surface area (Å²) >= 11 is 0. The quantitative estimate of drug-likeness (QED) is 0.0799. The number of rotatable bonds is 13. The number of nitrogens with zero attached hydrogens (tertiary/aromatic N) is 1. The van der Waals surface area contributed by atoms with Gasteiger partial charge in [0, 0.05) is 44.9 Å². The summed E-state index contributed by atoms with van der Waals surface area (Å²) in [6.07, 6.45) is -4.72. The number of amides is 1. The lowest BCUT2D eigenvalue weighted by molar-refractivity contribution is -0.210. The molecule has 2 saturated carbocycles. The number of hydrogen-bond donors (Lipinski definition) is 0. The first kappa shape index (κ1) is 54.2. The number of benzene rings is 2. The zero-order chi connectivity index (χ0) is 52.3. The number of carbonyl (C=O) groups is 6. The summed E-state index contributed by atoms with van der Waals surface area (Å²) in [6.45, 7) is 23.1. The van der Waals surface area contributed by atoms with Crippen LogP contribution in [0.1, 0.15) is 119 Å². The number of hydrogen-bond acceptors (Lipinski definition) is 15. The van der Waals surface area contributed by atoms with Crippen molar-refractivity contribution in [2.75, 3.05) is 14.2 Å². The number of ether oxygens (including phenoxy) is 9. The molecule has 3 fully saturated rings. The van der Waals surface area contributed by atoms with E-state index < -0.39 is 102 Å². The van der Waals surface area contributed by atoms with Gasteiger partial charge in [0.25, 0.3) is 0 Å². The van der Waals surface area contributed by atoms with Crippen molar-refractivity contribution in [1.29, 1.82) is 0 Å². The van der Waals surface area contributed by atoms with Crippen molar-refractivity contribution in [2.24, 2.45) is 29.1 Å². The standard InChI is InChI=1S/C55H71NO15/c1-29(2)24-41-48(70-51(56(41)53(62)71-54(9,10)11)39-22-21-38(63-13)27-44(39)64-14)52(61)69-42-26-37-25-40-31(4)43(68-46(60)23-20-36-18-16-15-17-19-36)28-45(65-33(6)57)55(40,12)50(67-35(8)59)49(66-34(7)58)47(30(37)3)32(42)5/h15-23,27,29-30,37,40-43,45,48-51H,4,24-26,28H2,1-3,5-14H3/b23-20+/t30-,37-,40-,41+,42+,43+,45+,48-,49-,50+,51?,55+/m1/s1. The fourth-order valence-electron chi connectivity index (χ4n) is 11.0. The van der Waals surface area contributed by atoms with Crippen molar-refractivity contribution in [3.63, 3.8) is 0 Å². The van der Waals surface area contributed by atoms with E-state index in [1.165, 1.54) is 46.0 Å². The minimum absolute atomic E-state index is 0.0225. The van der Waals surface area contributed by atoms with Crippen LogP contribution in [0.4, 0.5) is 4.79 Å². The molecule has 4 aliphatic rings. The Labute approximate surface area is 417 Å². The van der Waals surface area contributed by atoms with E-state index in [4.69, 9.17) is 42.6 Å². The van der Waals surface area contributed by atoms with E-state index in [0.29, 0.717) is 46.6 Å². The van der Waals surface area contributed by atoms with Gasteiger partial charge in [-0.1, -0.05) is 64.6 Å². The SMILES string of the molecule is C=C1[C@@H](OC(=O)/C=C/c2ccccc2)C[C@H](OC(C)=O)[C@]2(C)[C@@H]1C[C@@H]1C[C@H](OC(=O)[C@@H]3OC(c4ccc(OC)cc4OC)N(C(=O)OC(C)(C)C)[C@H]3CC(C)C)C(C)=C([C@@H](OC(C)=O)[C@@H]2OC(C)=O)[C@@H]1C. The summed E-state index contributed by atoms with van der Waals surface area (Å²) in [4.78, 5) is 83.9. The number of esters is 5. The van der Waals surface area contributed by atoms with Gasteiger partial charge in [-0.2, -0.15) is 0 Å². The van der Waals surface area contributed by atoms with Crippen LogP contribution in [0.3, 0.4) is 0 Å². The Morgan fingerprint density at radius 1 is 0.859 bits per heavy atom. The average molecular weight is 986 g/mol. The summed E-state index contributed by atoms with van der Waals surface area (Å²) in [6, 6.07) is 13.5. The zero-order valence-corrected chi connectivity index (χ0v) is 43.3. The molecule has 0 radical (unpaired) electrons. The van der Waals surface area contributed by atoms with Gasteiger partial charge in [0.05, 0.1) is 25.7 Å². The maximum atomic E-state index is 15.1. The molecule has 0 N–H and O–H groups in total. The Kier molecular flexibility index (Phi) is 16.9. The zero-order valence-electron chi connectivity index (χ0n) is 43.3. The van der Waals surface area contributed by atoms with Gasteiger partial charge in [-0.05, 0) is 111 Å². The van der Waals surface area contributed by atoms with Crippen LogP contribution in [0.25, 0.3) is 6.08 Å². The van der Waals surface area contributed by atoms with Gasteiger partial charge in [-0.25, -0.2) is 14.4 Å². The average Bonchev–Trinajstić information content (AvgIpc) is 3.66. The van der Waals surface area contributed by atoms with Crippen molar-refractivity contribution in [3.05, 3.63) is 89.0 Å². The van der Waals surface area contributed by atoms with Crippen LogP contribution in [0.15, 0.2) is 77.9 Å². The predicted molar refractivity (Wildman–Crippen MR) is 260 cm³/mol. The minimum Gasteiger partial charge on any atom is -0.497 e. The molecular weight excluding hydrogens is 915 g/mol. The molecule has 0 aromatic heterocycles. The van der Waals surface area contributed by atoms with Crippen LogP contribution in [-0.4, -0.2) is 103 Å². The molecule has 12 atom stereocenters. The molecule has 6 rings (SSSR count). The third-order valence-electron chi connectivity index (χ3n) is 14.2. The van der Waals surface area contributed by atoms with E-state index in [9.17, 15) is 24.0 Å². The van der Waals surface area contributed by atoms with Gasteiger partial charge in [-0.15, -0.1) is 0 Å². The largest absolute Gasteiger partial charge is 0.497 e.